The summed E-state index contributed by atoms with van der Waals surface area (Å²) in [5.74, 6) is 0. The molecule has 0 fully saturated rings. The first kappa shape index (κ1) is 8.07. The lowest BCUT2D eigenvalue weighted by Crippen LogP contribution is -1.81. The highest BCUT2D eigenvalue weighted by molar-refractivity contribution is 7.12. The summed E-state index contributed by atoms with van der Waals surface area (Å²) >= 11 is 1.46. The zero-order valence-corrected chi connectivity index (χ0v) is 7.49. The first-order valence-corrected chi connectivity index (χ1v) is 4.60. The quantitative estimate of drug-likeness (QED) is 0.680. The number of benzene rings is 1. The van der Waals surface area contributed by atoms with Crippen molar-refractivity contribution in [3.05, 3.63) is 35.3 Å². The minimum Gasteiger partial charge on any atom is -0.298 e. The summed E-state index contributed by atoms with van der Waals surface area (Å²) in [5.41, 5.74) is 3.27. The van der Waals surface area contributed by atoms with Crippen molar-refractivity contribution < 1.29 is 4.79 Å². The van der Waals surface area contributed by atoms with Crippen LogP contribution in [0.1, 0.15) is 10.4 Å². The van der Waals surface area contributed by atoms with E-state index in [9.17, 15) is 4.79 Å². The highest BCUT2D eigenvalue weighted by Gasteiger charge is 2.01. The predicted octanol–water partition coefficient (Wildman–Crippen LogP) is 2.02. The molecule has 13 heavy (non-hydrogen) atoms. The normalized spacial score (nSPS) is 9.85. The molecule has 0 aliphatic heterocycles. The predicted molar refractivity (Wildman–Crippen MR) is 50.7 cm³/mol. The van der Waals surface area contributed by atoms with Gasteiger partial charge in [0, 0.05) is 11.1 Å². The minimum absolute atomic E-state index is 0.660. The van der Waals surface area contributed by atoms with Crippen LogP contribution in [0.15, 0.2) is 29.8 Å². The smallest absolute Gasteiger partial charge is 0.150 e. The van der Waals surface area contributed by atoms with Crippen molar-refractivity contribution in [3.63, 3.8) is 0 Å². The molecule has 1 heterocycles. The third-order valence-electron chi connectivity index (χ3n) is 1.63. The van der Waals surface area contributed by atoms with Crippen LogP contribution >= 0.6 is 11.3 Å². The van der Waals surface area contributed by atoms with E-state index in [1.165, 1.54) is 11.3 Å². The molecule has 64 valence electrons. The molecule has 0 unspecified atom stereocenters. The van der Waals surface area contributed by atoms with Crippen LogP contribution in [-0.4, -0.2) is 16.5 Å². The molecule has 0 aliphatic rings. The standard InChI is InChI=1S/C9H6N2OS/c12-5-7-2-1-3-8(4-7)9-11-10-6-13-9/h1-6H. The topological polar surface area (TPSA) is 42.9 Å². The first-order chi connectivity index (χ1) is 6.40. The van der Waals surface area contributed by atoms with Crippen LogP contribution in [0.2, 0.25) is 0 Å². The maximum absolute atomic E-state index is 10.5. The van der Waals surface area contributed by atoms with Gasteiger partial charge in [0.05, 0.1) is 0 Å². The van der Waals surface area contributed by atoms with Gasteiger partial charge in [-0.2, -0.15) is 0 Å². The lowest BCUT2D eigenvalue weighted by atomic mass is 10.1. The van der Waals surface area contributed by atoms with E-state index in [1.807, 2.05) is 12.1 Å². The second-order valence-electron chi connectivity index (χ2n) is 2.49. The SMILES string of the molecule is O=Cc1cccc(-c2nncs2)c1. The van der Waals surface area contributed by atoms with E-state index in [-0.39, 0.29) is 0 Å². The molecule has 1 aromatic carbocycles. The highest BCUT2D eigenvalue weighted by atomic mass is 32.1. The molecule has 0 bridgehead atoms. The van der Waals surface area contributed by atoms with Crippen LogP contribution < -0.4 is 0 Å². The second-order valence-corrected chi connectivity index (χ2v) is 3.32. The molecule has 0 saturated heterocycles. The summed E-state index contributed by atoms with van der Waals surface area (Å²) in [7, 11) is 0. The fraction of sp³-hybridized carbons (Fsp3) is 0. The first-order valence-electron chi connectivity index (χ1n) is 3.72. The highest BCUT2D eigenvalue weighted by Crippen LogP contribution is 2.20. The average molecular weight is 190 g/mol. The molecule has 0 atom stereocenters. The lowest BCUT2D eigenvalue weighted by Gasteiger charge is -1.94. The van der Waals surface area contributed by atoms with E-state index < -0.39 is 0 Å². The maximum atomic E-state index is 10.5. The van der Waals surface area contributed by atoms with Crippen LogP contribution in [0.4, 0.5) is 0 Å². The summed E-state index contributed by atoms with van der Waals surface area (Å²) in [6.07, 6.45) is 0.824. The molecule has 4 heteroatoms. The Bertz CT molecular complexity index is 411. The van der Waals surface area contributed by atoms with Gasteiger partial charge in [0.15, 0.2) is 0 Å². The summed E-state index contributed by atoms with van der Waals surface area (Å²) < 4.78 is 0. The van der Waals surface area contributed by atoms with Crippen molar-refractivity contribution in [2.45, 2.75) is 0 Å². The largest absolute Gasteiger partial charge is 0.298 e. The molecule has 0 spiro atoms. The zero-order chi connectivity index (χ0) is 9.10. The van der Waals surface area contributed by atoms with E-state index in [1.54, 1.807) is 17.6 Å². The molecular formula is C9H6N2OS. The molecule has 0 saturated carbocycles. The number of aromatic nitrogens is 2. The van der Waals surface area contributed by atoms with E-state index in [0.717, 1.165) is 16.9 Å². The molecular weight excluding hydrogens is 184 g/mol. The van der Waals surface area contributed by atoms with E-state index in [4.69, 9.17) is 0 Å². The third kappa shape index (κ3) is 1.62. The Kier molecular flexibility index (Phi) is 2.14. The summed E-state index contributed by atoms with van der Waals surface area (Å²) in [4.78, 5) is 10.5. The van der Waals surface area contributed by atoms with Crippen molar-refractivity contribution in [3.8, 4) is 10.6 Å². The van der Waals surface area contributed by atoms with Crippen molar-refractivity contribution >= 4 is 17.6 Å². The molecule has 0 amide bonds. The Labute approximate surface area is 79.1 Å². The fourth-order valence-corrected chi connectivity index (χ4v) is 1.60. The Balaban J connectivity index is 2.47. The van der Waals surface area contributed by atoms with Gasteiger partial charge in [-0.1, -0.05) is 29.5 Å². The van der Waals surface area contributed by atoms with Gasteiger partial charge < -0.3 is 0 Å². The van der Waals surface area contributed by atoms with Gasteiger partial charge in [-0.05, 0) is 6.07 Å². The minimum atomic E-state index is 0.660. The Morgan fingerprint density at radius 3 is 3.00 bits per heavy atom. The van der Waals surface area contributed by atoms with Gasteiger partial charge in [-0.3, -0.25) is 4.79 Å². The summed E-state index contributed by atoms with van der Waals surface area (Å²) in [6.45, 7) is 0. The number of hydrogen-bond acceptors (Lipinski definition) is 4. The Morgan fingerprint density at radius 2 is 2.31 bits per heavy atom. The van der Waals surface area contributed by atoms with Crippen LogP contribution in [0, 0.1) is 0 Å². The van der Waals surface area contributed by atoms with Crippen LogP contribution in [0.3, 0.4) is 0 Å². The van der Waals surface area contributed by atoms with E-state index >= 15 is 0 Å². The van der Waals surface area contributed by atoms with Gasteiger partial charge in [0.25, 0.3) is 0 Å². The van der Waals surface area contributed by atoms with Gasteiger partial charge in [0.2, 0.25) is 0 Å². The summed E-state index contributed by atoms with van der Waals surface area (Å²) in [6, 6.07) is 7.30. The van der Waals surface area contributed by atoms with Crippen LogP contribution in [-0.2, 0) is 0 Å². The number of carbonyl (C=O) groups is 1. The van der Waals surface area contributed by atoms with Crippen molar-refractivity contribution in [1.82, 2.24) is 10.2 Å². The molecule has 3 nitrogen and oxygen atoms in total. The number of hydrogen-bond donors (Lipinski definition) is 0. The third-order valence-corrected chi connectivity index (χ3v) is 2.37. The molecule has 2 rings (SSSR count). The van der Waals surface area contributed by atoms with Crippen molar-refractivity contribution in [2.75, 3.05) is 0 Å². The van der Waals surface area contributed by atoms with Crippen molar-refractivity contribution in [1.29, 1.82) is 0 Å². The van der Waals surface area contributed by atoms with Gasteiger partial charge in [0.1, 0.15) is 16.8 Å². The van der Waals surface area contributed by atoms with Gasteiger partial charge in [-0.15, -0.1) is 10.2 Å². The van der Waals surface area contributed by atoms with Crippen molar-refractivity contribution in [2.24, 2.45) is 0 Å². The molecule has 0 N–H and O–H groups in total. The Morgan fingerprint density at radius 1 is 1.38 bits per heavy atom. The zero-order valence-electron chi connectivity index (χ0n) is 6.68. The number of nitrogens with zero attached hydrogens (tertiary/aromatic N) is 2. The molecule has 0 radical (unpaired) electrons. The number of aldehydes is 1. The summed E-state index contributed by atoms with van der Waals surface area (Å²) in [5, 5.41) is 8.49. The van der Waals surface area contributed by atoms with Gasteiger partial charge in [-0.25, -0.2) is 0 Å². The number of carbonyl (C=O) groups excluding carboxylic acids is 1. The Hall–Kier alpha value is -1.55. The molecule has 1 aromatic heterocycles. The fourth-order valence-electron chi connectivity index (χ4n) is 1.04. The van der Waals surface area contributed by atoms with E-state index in [0.29, 0.717) is 5.56 Å². The second kappa shape index (κ2) is 3.45. The monoisotopic (exact) mass is 190 g/mol. The molecule has 0 aliphatic carbocycles. The van der Waals surface area contributed by atoms with E-state index in [2.05, 4.69) is 10.2 Å². The van der Waals surface area contributed by atoms with Crippen LogP contribution in [0.25, 0.3) is 10.6 Å². The molecule has 2 aromatic rings. The average Bonchev–Trinajstić information content (AvgIpc) is 2.71. The lowest BCUT2D eigenvalue weighted by molar-refractivity contribution is 0.112. The van der Waals surface area contributed by atoms with Crippen LogP contribution in [0.5, 0.6) is 0 Å². The van der Waals surface area contributed by atoms with Gasteiger partial charge >= 0.3 is 0 Å². The maximum Gasteiger partial charge on any atom is 0.150 e. The number of rotatable bonds is 2.